The van der Waals surface area contributed by atoms with E-state index in [1.54, 1.807) is 0 Å². The Kier molecular flexibility index (Phi) is 5.90. The van der Waals surface area contributed by atoms with Crippen LogP contribution in [0.2, 0.25) is 0 Å². The summed E-state index contributed by atoms with van der Waals surface area (Å²) in [6.45, 7) is 9.53. The fourth-order valence-corrected chi connectivity index (χ4v) is 2.26. The third-order valence-corrected chi connectivity index (χ3v) is 3.70. The lowest BCUT2D eigenvalue weighted by atomic mass is 9.98. The van der Waals surface area contributed by atoms with Crippen molar-refractivity contribution in [3.8, 4) is 5.75 Å². The summed E-state index contributed by atoms with van der Waals surface area (Å²) in [5.74, 6) is 2.99. The number of aryl methyl sites for hydroxylation is 1. The Bertz CT molecular complexity index is 343. The molecule has 96 valence electrons. The smallest absolute Gasteiger partial charge is 0.119 e. The first-order valence-corrected chi connectivity index (χ1v) is 7.05. The summed E-state index contributed by atoms with van der Waals surface area (Å²) in [6, 6.07) is 6.39. The minimum Gasteiger partial charge on any atom is -0.493 e. The van der Waals surface area contributed by atoms with Crippen molar-refractivity contribution in [3.05, 3.63) is 29.3 Å². The van der Waals surface area contributed by atoms with Gasteiger partial charge in [0, 0.05) is 5.92 Å². The first kappa shape index (κ1) is 14.4. The maximum absolute atomic E-state index is 5.82. The molecule has 1 aromatic carbocycles. The Labute approximate surface area is 111 Å². The summed E-state index contributed by atoms with van der Waals surface area (Å²) < 4.78 is 5.82. The van der Waals surface area contributed by atoms with Crippen molar-refractivity contribution in [2.45, 2.75) is 40.0 Å². The lowest BCUT2D eigenvalue weighted by Gasteiger charge is -2.15. The van der Waals surface area contributed by atoms with Gasteiger partial charge in [0.15, 0.2) is 0 Å². The van der Waals surface area contributed by atoms with Crippen LogP contribution in [0, 0.1) is 12.8 Å². The minimum atomic E-state index is 0.545. The highest BCUT2D eigenvalue weighted by atomic mass is 32.1. The molecule has 1 unspecified atom stereocenters. The summed E-state index contributed by atoms with van der Waals surface area (Å²) in [5.41, 5.74) is 2.72. The second-order valence-electron chi connectivity index (χ2n) is 4.94. The second-order valence-corrected chi connectivity index (χ2v) is 5.31. The molecule has 0 aliphatic rings. The highest BCUT2D eigenvalue weighted by Gasteiger charge is 2.07. The van der Waals surface area contributed by atoms with Crippen LogP contribution in [-0.2, 0) is 0 Å². The molecule has 0 saturated carbocycles. The van der Waals surface area contributed by atoms with Gasteiger partial charge in [-0.3, -0.25) is 0 Å². The zero-order valence-corrected chi connectivity index (χ0v) is 12.3. The molecule has 0 radical (unpaired) electrons. The van der Waals surface area contributed by atoms with Crippen molar-refractivity contribution in [2.75, 3.05) is 12.4 Å². The number of hydrogen-bond donors (Lipinski definition) is 1. The van der Waals surface area contributed by atoms with E-state index in [1.165, 1.54) is 11.1 Å². The van der Waals surface area contributed by atoms with Crippen LogP contribution in [-0.4, -0.2) is 12.4 Å². The Morgan fingerprint density at radius 3 is 2.47 bits per heavy atom. The summed E-state index contributed by atoms with van der Waals surface area (Å²) in [7, 11) is 0. The van der Waals surface area contributed by atoms with Crippen LogP contribution in [0.1, 0.15) is 44.2 Å². The Morgan fingerprint density at radius 1 is 1.29 bits per heavy atom. The molecule has 0 spiro atoms. The van der Waals surface area contributed by atoms with Crippen molar-refractivity contribution in [2.24, 2.45) is 5.92 Å². The maximum atomic E-state index is 5.82. The number of ether oxygens (including phenoxy) is 1. The quantitative estimate of drug-likeness (QED) is 0.736. The Morgan fingerprint density at radius 2 is 2.00 bits per heavy atom. The summed E-state index contributed by atoms with van der Waals surface area (Å²) >= 11 is 4.33. The van der Waals surface area contributed by atoms with E-state index in [9.17, 15) is 0 Å². The Balaban J connectivity index is 2.64. The van der Waals surface area contributed by atoms with E-state index in [-0.39, 0.29) is 0 Å². The van der Waals surface area contributed by atoms with Crippen LogP contribution in [0.25, 0.3) is 0 Å². The fraction of sp³-hybridized carbons (Fsp3) is 0.600. The largest absolute Gasteiger partial charge is 0.493 e. The van der Waals surface area contributed by atoms with Crippen molar-refractivity contribution >= 4 is 12.6 Å². The SMILES string of the molecule is CCC(CS)COc1ccc(C(C)C)c(C)c1. The van der Waals surface area contributed by atoms with E-state index >= 15 is 0 Å². The molecule has 1 aromatic rings. The van der Waals surface area contributed by atoms with Gasteiger partial charge in [0.05, 0.1) is 6.61 Å². The molecular weight excluding hydrogens is 228 g/mol. The van der Waals surface area contributed by atoms with Crippen molar-refractivity contribution < 1.29 is 4.74 Å². The normalized spacial score (nSPS) is 12.8. The average Bonchev–Trinajstić information content (AvgIpc) is 2.30. The molecule has 0 aliphatic heterocycles. The minimum absolute atomic E-state index is 0.545. The van der Waals surface area contributed by atoms with Gasteiger partial charge in [0.1, 0.15) is 5.75 Å². The number of benzene rings is 1. The van der Waals surface area contributed by atoms with Crippen LogP contribution >= 0.6 is 12.6 Å². The molecular formula is C15H24OS. The summed E-state index contributed by atoms with van der Waals surface area (Å²) in [4.78, 5) is 0. The highest BCUT2D eigenvalue weighted by molar-refractivity contribution is 7.80. The van der Waals surface area contributed by atoms with Crippen molar-refractivity contribution in [3.63, 3.8) is 0 Å². The highest BCUT2D eigenvalue weighted by Crippen LogP contribution is 2.24. The van der Waals surface area contributed by atoms with Gasteiger partial charge in [-0.15, -0.1) is 0 Å². The van der Waals surface area contributed by atoms with Gasteiger partial charge in [-0.25, -0.2) is 0 Å². The molecule has 0 fully saturated rings. The van der Waals surface area contributed by atoms with E-state index in [0.29, 0.717) is 11.8 Å². The summed E-state index contributed by atoms with van der Waals surface area (Å²) in [5, 5.41) is 0. The molecule has 1 nitrogen and oxygen atoms in total. The molecule has 0 amide bonds. The van der Waals surface area contributed by atoms with Crippen LogP contribution in [0.5, 0.6) is 5.75 Å². The molecule has 1 rings (SSSR count). The first-order chi connectivity index (χ1) is 8.08. The molecule has 0 heterocycles. The van der Waals surface area contributed by atoms with Gasteiger partial charge in [-0.05, 0) is 48.3 Å². The monoisotopic (exact) mass is 252 g/mol. The predicted octanol–water partition coefficient (Wildman–Crippen LogP) is 4.45. The maximum Gasteiger partial charge on any atom is 0.119 e. The zero-order valence-electron chi connectivity index (χ0n) is 11.4. The molecule has 2 heteroatoms. The van der Waals surface area contributed by atoms with Crippen LogP contribution in [0.3, 0.4) is 0 Å². The fourth-order valence-electron chi connectivity index (χ4n) is 1.90. The predicted molar refractivity (Wildman–Crippen MR) is 78.4 cm³/mol. The van der Waals surface area contributed by atoms with Gasteiger partial charge in [-0.1, -0.05) is 26.8 Å². The average molecular weight is 252 g/mol. The van der Waals surface area contributed by atoms with Crippen molar-refractivity contribution in [1.82, 2.24) is 0 Å². The topological polar surface area (TPSA) is 9.23 Å². The molecule has 0 saturated heterocycles. The molecule has 0 aliphatic carbocycles. The third kappa shape index (κ3) is 4.27. The lowest BCUT2D eigenvalue weighted by molar-refractivity contribution is 0.259. The first-order valence-electron chi connectivity index (χ1n) is 6.42. The molecule has 0 N–H and O–H groups in total. The van der Waals surface area contributed by atoms with Gasteiger partial charge in [-0.2, -0.15) is 12.6 Å². The third-order valence-electron chi connectivity index (χ3n) is 3.18. The molecule has 0 bridgehead atoms. The zero-order chi connectivity index (χ0) is 12.8. The van der Waals surface area contributed by atoms with Crippen LogP contribution < -0.4 is 4.74 Å². The van der Waals surface area contributed by atoms with E-state index in [4.69, 9.17) is 4.74 Å². The van der Waals surface area contributed by atoms with E-state index in [0.717, 1.165) is 24.5 Å². The number of rotatable bonds is 6. The van der Waals surface area contributed by atoms with E-state index in [2.05, 4.69) is 58.5 Å². The van der Waals surface area contributed by atoms with Crippen LogP contribution in [0.4, 0.5) is 0 Å². The van der Waals surface area contributed by atoms with E-state index in [1.807, 2.05) is 0 Å². The van der Waals surface area contributed by atoms with Crippen LogP contribution in [0.15, 0.2) is 18.2 Å². The van der Waals surface area contributed by atoms with Gasteiger partial charge in [0.2, 0.25) is 0 Å². The second kappa shape index (κ2) is 6.95. The number of thiol groups is 1. The van der Waals surface area contributed by atoms with Gasteiger partial charge < -0.3 is 4.74 Å². The van der Waals surface area contributed by atoms with Gasteiger partial charge in [0.25, 0.3) is 0 Å². The van der Waals surface area contributed by atoms with Gasteiger partial charge >= 0.3 is 0 Å². The number of hydrogen-bond acceptors (Lipinski definition) is 2. The summed E-state index contributed by atoms with van der Waals surface area (Å²) in [6.07, 6.45) is 1.12. The van der Waals surface area contributed by atoms with Crippen molar-refractivity contribution in [1.29, 1.82) is 0 Å². The molecule has 0 aromatic heterocycles. The molecule has 17 heavy (non-hydrogen) atoms. The van der Waals surface area contributed by atoms with E-state index < -0.39 is 0 Å². The standard InChI is InChI=1S/C15H24OS/c1-5-13(10-17)9-16-14-6-7-15(11(2)3)12(4)8-14/h6-8,11,13,17H,5,9-10H2,1-4H3. The Hall–Kier alpha value is -0.630. The lowest BCUT2D eigenvalue weighted by Crippen LogP contribution is -2.12. The molecule has 1 atom stereocenters.